The average molecular weight is 399 g/mol. The molecule has 0 aliphatic rings. The van der Waals surface area contributed by atoms with E-state index in [1.807, 2.05) is 11.4 Å². The van der Waals surface area contributed by atoms with Crippen molar-refractivity contribution >= 4 is 61.7 Å². The monoisotopic (exact) mass is 399 g/mol. The highest BCUT2D eigenvalue weighted by Crippen LogP contribution is 2.27. The second-order valence-corrected chi connectivity index (χ2v) is 7.03. The second-order valence-electron chi connectivity index (χ2n) is 3.95. The lowest BCUT2D eigenvalue weighted by molar-refractivity contribution is 1.02. The van der Waals surface area contributed by atoms with Gasteiger partial charge in [0, 0.05) is 9.32 Å². The standard InChI is InChI=1S/C13H10IN3S2/c14-9-3-1-8(2-4-9)7-19-13-16-11(15)10-5-6-18-12(10)17-13/h1-6H,7H2,(H2,15,16,17). The SMILES string of the molecule is Nc1nc(SCc2ccc(I)cc2)nc2sccc12. The number of benzene rings is 1. The van der Waals surface area contributed by atoms with Gasteiger partial charge in [-0.3, -0.25) is 0 Å². The normalized spacial score (nSPS) is 11.0. The third kappa shape index (κ3) is 3.01. The Morgan fingerprint density at radius 3 is 2.74 bits per heavy atom. The molecule has 0 spiro atoms. The van der Waals surface area contributed by atoms with Crippen LogP contribution in [0.3, 0.4) is 0 Å². The van der Waals surface area contributed by atoms with Gasteiger partial charge >= 0.3 is 0 Å². The lowest BCUT2D eigenvalue weighted by atomic mass is 10.2. The first-order chi connectivity index (χ1) is 9.22. The Bertz CT molecular complexity index is 709. The Balaban J connectivity index is 1.79. The summed E-state index contributed by atoms with van der Waals surface area (Å²) in [4.78, 5) is 9.81. The molecule has 1 aromatic carbocycles. The van der Waals surface area contributed by atoms with Gasteiger partial charge < -0.3 is 5.73 Å². The summed E-state index contributed by atoms with van der Waals surface area (Å²) in [5, 5.41) is 3.68. The molecule has 0 saturated heterocycles. The zero-order valence-electron chi connectivity index (χ0n) is 9.84. The molecule has 0 bridgehead atoms. The Hall–Kier alpha value is -0.860. The summed E-state index contributed by atoms with van der Waals surface area (Å²) >= 11 is 5.51. The average Bonchev–Trinajstić information content (AvgIpc) is 2.87. The summed E-state index contributed by atoms with van der Waals surface area (Å²) < 4.78 is 1.24. The fraction of sp³-hybridized carbons (Fsp3) is 0.0769. The van der Waals surface area contributed by atoms with Crippen LogP contribution in [0, 0.1) is 3.57 Å². The molecule has 0 radical (unpaired) electrons. The largest absolute Gasteiger partial charge is 0.383 e. The van der Waals surface area contributed by atoms with Crippen molar-refractivity contribution in [2.45, 2.75) is 10.9 Å². The number of fused-ring (bicyclic) bond motifs is 1. The minimum atomic E-state index is 0.566. The van der Waals surface area contributed by atoms with Crippen LogP contribution in [0.5, 0.6) is 0 Å². The van der Waals surface area contributed by atoms with Crippen LogP contribution in [0.15, 0.2) is 40.9 Å². The molecule has 6 heteroatoms. The minimum Gasteiger partial charge on any atom is -0.383 e. The van der Waals surface area contributed by atoms with Crippen LogP contribution in [-0.2, 0) is 5.75 Å². The second kappa shape index (κ2) is 5.64. The first kappa shape index (κ1) is 13.1. The fourth-order valence-electron chi connectivity index (χ4n) is 1.65. The highest BCUT2D eigenvalue weighted by molar-refractivity contribution is 14.1. The van der Waals surface area contributed by atoms with E-state index in [1.165, 1.54) is 9.13 Å². The Kier molecular flexibility index (Phi) is 3.90. The first-order valence-electron chi connectivity index (χ1n) is 5.60. The lowest BCUT2D eigenvalue weighted by Crippen LogP contribution is -1.95. The summed E-state index contributed by atoms with van der Waals surface area (Å²) in [6.07, 6.45) is 0. The van der Waals surface area contributed by atoms with E-state index < -0.39 is 0 Å². The third-order valence-electron chi connectivity index (χ3n) is 2.62. The van der Waals surface area contributed by atoms with Crippen LogP contribution in [0.25, 0.3) is 10.2 Å². The number of thioether (sulfide) groups is 1. The molecule has 96 valence electrons. The van der Waals surface area contributed by atoms with Gasteiger partial charge in [0.05, 0.1) is 5.39 Å². The van der Waals surface area contributed by atoms with Crippen LogP contribution in [-0.4, -0.2) is 9.97 Å². The number of nitrogens with two attached hydrogens (primary N) is 1. The molecule has 3 nitrogen and oxygen atoms in total. The summed E-state index contributed by atoms with van der Waals surface area (Å²) in [7, 11) is 0. The van der Waals surface area contributed by atoms with Gasteiger partial charge in [-0.25, -0.2) is 9.97 Å². The van der Waals surface area contributed by atoms with Crippen molar-refractivity contribution in [2.24, 2.45) is 0 Å². The molecule has 0 saturated carbocycles. The number of halogens is 1. The molecule has 0 aliphatic carbocycles. The van der Waals surface area contributed by atoms with Crippen LogP contribution in [0.4, 0.5) is 5.82 Å². The maximum absolute atomic E-state index is 5.93. The molecule has 2 N–H and O–H groups in total. The highest BCUT2D eigenvalue weighted by atomic mass is 127. The number of anilines is 1. The summed E-state index contributed by atoms with van der Waals surface area (Å²) in [6.45, 7) is 0. The maximum atomic E-state index is 5.93. The van der Waals surface area contributed by atoms with Crippen molar-refractivity contribution in [1.82, 2.24) is 9.97 Å². The Labute approximate surface area is 132 Å². The van der Waals surface area contributed by atoms with Crippen molar-refractivity contribution in [3.05, 3.63) is 44.8 Å². The van der Waals surface area contributed by atoms with Crippen molar-refractivity contribution in [3.8, 4) is 0 Å². The van der Waals surface area contributed by atoms with Crippen LogP contribution >= 0.6 is 45.7 Å². The summed E-state index contributed by atoms with van der Waals surface area (Å²) in [6, 6.07) is 10.4. The van der Waals surface area contributed by atoms with E-state index in [1.54, 1.807) is 23.1 Å². The number of nitrogen functional groups attached to an aromatic ring is 1. The van der Waals surface area contributed by atoms with E-state index in [0.29, 0.717) is 5.82 Å². The molecular formula is C13H10IN3S2. The smallest absolute Gasteiger partial charge is 0.191 e. The van der Waals surface area contributed by atoms with Gasteiger partial charge in [0.15, 0.2) is 5.16 Å². The highest BCUT2D eigenvalue weighted by Gasteiger charge is 2.07. The topological polar surface area (TPSA) is 51.8 Å². The molecule has 2 aromatic heterocycles. The van der Waals surface area contributed by atoms with Crippen molar-refractivity contribution in [3.63, 3.8) is 0 Å². The van der Waals surface area contributed by atoms with E-state index in [0.717, 1.165) is 21.1 Å². The number of thiophene rings is 1. The molecule has 0 atom stereocenters. The minimum absolute atomic E-state index is 0.566. The summed E-state index contributed by atoms with van der Waals surface area (Å²) in [5.74, 6) is 1.42. The van der Waals surface area contributed by atoms with Gasteiger partial charge in [-0.15, -0.1) is 11.3 Å². The predicted octanol–water partition coefficient (Wildman–Crippen LogP) is 4.17. The van der Waals surface area contributed by atoms with Crippen molar-refractivity contribution in [2.75, 3.05) is 5.73 Å². The van der Waals surface area contributed by atoms with E-state index in [9.17, 15) is 0 Å². The van der Waals surface area contributed by atoms with Crippen molar-refractivity contribution < 1.29 is 0 Å². The van der Waals surface area contributed by atoms with Crippen LogP contribution < -0.4 is 5.73 Å². The number of hydrogen-bond acceptors (Lipinski definition) is 5. The van der Waals surface area contributed by atoms with Gasteiger partial charge in [0.2, 0.25) is 0 Å². The van der Waals surface area contributed by atoms with Gasteiger partial charge in [0.1, 0.15) is 10.6 Å². The number of hydrogen-bond donors (Lipinski definition) is 1. The summed E-state index contributed by atoms with van der Waals surface area (Å²) in [5.41, 5.74) is 7.19. The molecular weight excluding hydrogens is 389 g/mol. The molecule has 0 fully saturated rings. The van der Waals surface area contributed by atoms with Gasteiger partial charge in [-0.2, -0.15) is 0 Å². The Morgan fingerprint density at radius 2 is 1.95 bits per heavy atom. The zero-order valence-corrected chi connectivity index (χ0v) is 13.6. The van der Waals surface area contributed by atoms with Gasteiger partial charge in [-0.05, 0) is 51.7 Å². The first-order valence-corrected chi connectivity index (χ1v) is 8.55. The number of aromatic nitrogens is 2. The van der Waals surface area contributed by atoms with E-state index in [2.05, 4.69) is 56.8 Å². The van der Waals surface area contributed by atoms with Crippen LogP contribution in [0.1, 0.15) is 5.56 Å². The zero-order chi connectivity index (χ0) is 13.2. The van der Waals surface area contributed by atoms with Gasteiger partial charge in [-0.1, -0.05) is 23.9 Å². The predicted molar refractivity (Wildman–Crippen MR) is 90.5 cm³/mol. The molecule has 0 aliphatic heterocycles. The number of nitrogens with zero attached hydrogens (tertiary/aromatic N) is 2. The fourth-order valence-corrected chi connectivity index (χ4v) is 3.65. The van der Waals surface area contributed by atoms with E-state index in [-0.39, 0.29) is 0 Å². The Morgan fingerprint density at radius 1 is 1.16 bits per heavy atom. The lowest BCUT2D eigenvalue weighted by Gasteiger charge is -2.03. The van der Waals surface area contributed by atoms with Crippen LogP contribution in [0.2, 0.25) is 0 Å². The maximum Gasteiger partial charge on any atom is 0.191 e. The van der Waals surface area contributed by atoms with Gasteiger partial charge in [0.25, 0.3) is 0 Å². The van der Waals surface area contributed by atoms with E-state index in [4.69, 9.17) is 5.73 Å². The molecule has 19 heavy (non-hydrogen) atoms. The van der Waals surface area contributed by atoms with Crippen molar-refractivity contribution in [1.29, 1.82) is 0 Å². The molecule has 3 rings (SSSR count). The third-order valence-corrected chi connectivity index (χ3v) is 5.06. The quantitative estimate of drug-likeness (QED) is 0.408. The number of rotatable bonds is 3. The molecule has 2 heterocycles. The molecule has 0 unspecified atom stereocenters. The molecule has 0 amide bonds. The molecule has 3 aromatic rings. The van der Waals surface area contributed by atoms with E-state index >= 15 is 0 Å².